The molecule has 0 spiro atoms. The van der Waals surface area contributed by atoms with Gasteiger partial charge in [-0.25, -0.2) is 4.79 Å². The number of Topliss-reactive ketones (excluding diaryl/α,β-unsaturated/α-hetero) is 1. The third-order valence-corrected chi connectivity index (χ3v) is 2.34. The van der Waals surface area contributed by atoms with Gasteiger partial charge in [0.25, 0.3) is 0 Å². The number of alkyl carbamates (subject to hydrolysis) is 1. The number of hydrogen-bond donors (Lipinski definition) is 1. The molecular weight excluding hydrogens is 244 g/mol. The Kier molecular flexibility index (Phi) is 5.03. The van der Waals surface area contributed by atoms with Crippen LogP contribution in [-0.4, -0.2) is 28.5 Å². The summed E-state index contributed by atoms with van der Waals surface area (Å²) in [6.45, 7) is 6.97. The van der Waals surface area contributed by atoms with Crippen molar-refractivity contribution in [2.75, 3.05) is 0 Å². The minimum absolute atomic E-state index is 0.0722. The van der Waals surface area contributed by atoms with E-state index in [2.05, 4.69) is 10.3 Å². The Labute approximate surface area is 113 Å². The summed E-state index contributed by atoms with van der Waals surface area (Å²) in [4.78, 5) is 27.3. The summed E-state index contributed by atoms with van der Waals surface area (Å²) in [5, 5.41) is 2.53. The first-order valence-electron chi connectivity index (χ1n) is 6.19. The quantitative estimate of drug-likeness (QED) is 0.904. The highest BCUT2D eigenvalue weighted by Crippen LogP contribution is 2.07. The Morgan fingerprint density at radius 3 is 2.42 bits per heavy atom. The van der Waals surface area contributed by atoms with E-state index in [4.69, 9.17) is 4.74 Å². The van der Waals surface area contributed by atoms with Gasteiger partial charge >= 0.3 is 6.09 Å². The third kappa shape index (κ3) is 5.99. The molecule has 19 heavy (non-hydrogen) atoms. The van der Waals surface area contributed by atoms with Gasteiger partial charge in [0.1, 0.15) is 5.60 Å². The lowest BCUT2D eigenvalue weighted by molar-refractivity contribution is -0.120. The van der Waals surface area contributed by atoms with Gasteiger partial charge in [-0.05, 0) is 45.4 Å². The standard InChI is InChI=1S/C14H20N2O3/c1-10(16-13(18)19-14(2,3)4)12(17)9-11-5-7-15-8-6-11/h5-8,10H,9H2,1-4H3,(H,16,18). The molecule has 1 aromatic rings. The van der Waals surface area contributed by atoms with Gasteiger partial charge in [-0.15, -0.1) is 0 Å². The van der Waals surface area contributed by atoms with Crippen molar-refractivity contribution in [2.45, 2.75) is 45.8 Å². The molecule has 1 amide bonds. The smallest absolute Gasteiger partial charge is 0.408 e. The molecule has 0 fully saturated rings. The van der Waals surface area contributed by atoms with Crippen molar-refractivity contribution in [3.05, 3.63) is 30.1 Å². The van der Waals surface area contributed by atoms with Crippen LogP contribution in [-0.2, 0) is 16.0 Å². The summed E-state index contributed by atoms with van der Waals surface area (Å²) < 4.78 is 5.10. The maximum Gasteiger partial charge on any atom is 0.408 e. The number of pyridine rings is 1. The lowest BCUT2D eigenvalue weighted by atomic mass is 10.1. The minimum atomic E-state index is -0.581. The summed E-state index contributed by atoms with van der Waals surface area (Å²) in [6, 6.07) is 2.97. The van der Waals surface area contributed by atoms with E-state index in [-0.39, 0.29) is 12.2 Å². The fourth-order valence-electron chi connectivity index (χ4n) is 1.42. The van der Waals surface area contributed by atoms with Gasteiger partial charge in [0, 0.05) is 18.8 Å². The van der Waals surface area contributed by atoms with Crippen LogP contribution >= 0.6 is 0 Å². The summed E-state index contributed by atoms with van der Waals surface area (Å²) in [7, 11) is 0. The predicted octanol–water partition coefficient (Wildman–Crippen LogP) is 2.11. The number of carbonyl (C=O) groups excluding carboxylic acids is 2. The summed E-state index contributed by atoms with van der Waals surface area (Å²) in [5.41, 5.74) is 0.302. The Balaban J connectivity index is 2.47. The maximum atomic E-state index is 11.9. The molecule has 0 aromatic carbocycles. The van der Waals surface area contributed by atoms with Crippen molar-refractivity contribution >= 4 is 11.9 Å². The molecule has 1 aromatic heterocycles. The molecule has 0 radical (unpaired) electrons. The number of carbonyl (C=O) groups is 2. The predicted molar refractivity (Wildman–Crippen MR) is 71.8 cm³/mol. The molecule has 5 nitrogen and oxygen atoms in total. The molecule has 1 rings (SSSR count). The molecule has 0 saturated carbocycles. The summed E-state index contributed by atoms with van der Waals surface area (Å²) in [5.74, 6) is -0.0722. The van der Waals surface area contributed by atoms with Crippen LogP contribution in [0.5, 0.6) is 0 Å². The molecule has 104 valence electrons. The number of ketones is 1. The molecule has 0 aliphatic carbocycles. The zero-order valence-electron chi connectivity index (χ0n) is 11.8. The Morgan fingerprint density at radius 1 is 1.32 bits per heavy atom. The van der Waals surface area contributed by atoms with E-state index in [1.807, 2.05) is 0 Å². The Morgan fingerprint density at radius 2 is 1.89 bits per heavy atom. The lowest BCUT2D eigenvalue weighted by Crippen LogP contribution is -2.42. The second kappa shape index (κ2) is 6.31. The van der Waals surface area contributed by atoms with E-state index >= 15 is 0 Å². The van der Waals surface area contributed by atoms with Crippen molar-refractivity contribution < 1.29 is 14.3 Å². The highest BCUT2D eigenvalue weighted by molar-refractivity contribution is 5.88. The maximum absolute atomic E-state index is 11.9. The van der Waals surface area contributed by atoms with E-state index in [0.29, 0.717) is 0 Å². The van der Waals surface area contributed by atoms with E-state index in [1.165, 1.54) is 0 Å². The van der Waals surface area contributed by atoms with Gasteiger partial charge in [-0.2, -0.15) is 0 Å². The Hall–Kier alpha value is -1.91. The average molecular weight is 264 g/mol. The SMILES string of the molecule is CC(NC(=O)OC(C)(C)C)C(=O)Cc1ccncc1. The van der Waals surface area contributed by atoms with Crippen molar-refractivity contribution in [3.63, 3.8) is 0 Å². The van der Waals surface area contributed by atoms with Gasteiger partial charge in [0.15, 0.2) is 5.78 Å². The van der Waals surface area contributed by atoms with Crippen LogP contribution in [0, 0.1) is 0 Å². The molecule has 1 N–H and O–H groups in total. The molecule has 0 aliphatic heterocycles. The lowest BCUT2D eigenvalue weighted by Gasteiger charge is -2.21. The van der Waals surface area contributed by atoms with Crippen molar-refractivity contribution in [2.24, 2.45) is 0 Å². The monoisotopic (exact) mass is 264 g/mol. The van der Waals surface area contributed by atoms with Crippen LogP contribution in [0.25, 0.3) is 0 Å². The number of nitrogens with zero attached hydrogens (tertiary/aromatic N) is 1. The van der Waals surface area contributed by atoms with Gasteiger partial charge in [-0.1, -0.05) is 0 Å². The van der Waals surface area contributed by atoms with E-state index in [0.717, 1.165) is 5.56 Å². The van der Waals surface area contributed by atoms with Crippen molar-refractivity contribution in [1.82, 2.24) is 10.3 Å². The number of amides is 1. The first-order chi connectivity index (χ1) is 8.78. The number of nitrogens with one attached hydrogen (secondary N) is 1. The second-order valence-corrected chi connectivity index (χ2v) is 5.37. The highest BCUT2D eigenvalue weighted by atomic mass is 16.6. The summed E-state index contributed by atoms with van der Waals surface area (Å²) in [6.07, 6.45) is 2.95. The van der Waals surface area contributed by atoms with Crippen molar-refractivity contribution in [1.29, 1.82) is 0 Å². The summed E-state index contributed by atoms with van der Waals surface area (Å²) >= 11 is 0. The van der Waals surface area contributed by atoms with E-state index < -0.39 is 17.7 Å². The molecule has 5 heteroatoms. The number of hydrogen-bond acceptors (Lipinski definition) is 4. The van der Waals surface area contributed by atoms with Gasteiger partial charge in [0.05, 0.1) is 6.04 Å². The van der Waals surface area contributed by atoms with Crippen LogP contribution in [0.3, 0.4) is 0 Å². The fraction of sp³-hybridized carbons (Fsp3) is 0.500. The first kappa shape index (κ1) is 15.1. The van der Waals surface area contributed by atoms with Crippen molar-refractivity contribution in [3.8, 4) is 0 Å². The largest absolute Gasteiger partial charge is 0.444 e. The molecule has 1 atom stereocenters. The Bertz CT molecular complexity index is 438. The molecule has 1 heterocycles. The number of aromatic nitrogens is 1. The van der Waals surface area contributed by atoms with Gasteiger partial charge in [-0.3, -0.25) is 9.78 Å². The minimum Gasteiger partial charge on any atom is -0.444 e. The third-order valence-electron chi connectivity index (χ3n) is 2.34. The van der Waals surface area contributed by atoms with Crippen LogP contribution < -0.4 is 5.32 Å². The van der Waals surface area contributed by atoms with Crippen LogP contribution in [0.4, 0.5) is 4.79 Å². The van der Waals surface area contributed by atoms with E-state index in [9.17, 15) is 9.59 Å². The van der Waals surface area contributed by atoms with Crippen LogP contribution in [0.15, 0.2) is 24.5 Å². The fourth-order valence-corrected chi connectivity index (χ4v) is 1.42. The van der Waals surface area contributed by atoms with Crippen LogP contribution in [0.1, 0.15) is 33.3 Å². The second-order valence-electron chi connectivity index (χ2n) is 5.37. The molecular formula is C14H20N2O3. The van der Waals surface area contributed by atoms with Gasteiger partial charge < -0.3 is 10.1 Å². The topological polar surface area (TPSA) is 68.3 Å². The molecule has 0 bridgehead atoms. The molecule has 0 aliphatic rings. The zero-order chi connectivity index (χ0) is 14.5. The van der Waals surface area contributed by atoms with E-state index in [1.54, 1.807) is 52.2 Å². The number of rotatable bonds is 4. The highest BCUT2D eigenvalue weighted by Gasteiger charge is 2.20. The molecule has 1 unspecified atom stereocenters. The average Bonchev–Trinajstić information content (AvgIpc) is 2.27. The van der Waals surface area contributed by atoms with Crippen LogP contribution in [0.2, 0.25) is 0 Å². The van der Waals surface area contributed by atoms with Gasteiger partial charge in [0.2, 0.25) is 0 Å². The molecule has 0 saturated heterocycles. The zero-order valence-corrected chi connectivity index (χ0v) is 11.8. The normalized spacial score (nSPS) is 12.6. The first-order valence-corrected chi connectivity index (χ1v) is 6.19. The number of ether oxygens (including phenoxy) is 1.